The van der Waals surface area contributed by atoms with Crippen LogP contribution in [-0.2, 0) is 26.2 Å². The molecule has 1 aromatic carbocycles. The van der Waals surface area contributed by atoms with Crippen LogP contribution in [0.5, 0.6) is 0 Å². The maximum absolute atomic E-state index is 11.7. The molecule has 0 aliphatic carbocycles. The number of nitrogens with one attached hydrogen (secondary N) is 4. The van der Waals surface area contributed by atoms with Crippen LogP contribution in [0.2, 0.25) is 0 Å². The molecule has 1 aromatic rings. The van der Waals surface area contributed by atoms with Gasteiger partial charge in [-0.25, -0.2) is 13.1 Å². The molecular formula is C14H21N5O5S. The molecule has 0 saturated carbocycles. The zero-order valence-corrected chi connectivity index (χ0v) is 14.4. The van der Waals surface area contributed by atoms with Crippen molar-refractivity contribution in [1.82, 2.24) is 15.4 Å². The van der Waals surface area contributed by atoms with Crippen molar-refractivity contribution in [3.63, 3.8) is 0 Å². The number of carbonyl (C=O) groups excluding carboxylic acids is 2. The molecule has 0 saturated heterocycles. The van der Waals surface area contributed by atoms with Gasteiger partial charge in [0.1, 0.15) is 11.9 Å². The first-order valence-corrected chi connectivity index (χ1v) is 9.07. The number of rotatable bonds is 9. The zero-order valence-electron chi connectivity index (χ0n) is 13.6. The standard InChI is InChI=1S/C14H21N5O5S/c1-25(23,24)19-11(8-20)14(22)18-7-12(21)17-6-9-2-4-10(5-3-9)13(15)16/h2-5,11,19-20H,6-8H2,1H3,(H3,15,16)(H,17,21)(H,18,22)/t11-/m1/s1. The lowest BCUT2D eigenvalue weighted by Crippen LogP contribution is -2.50. The summed E-state index contributed by atoms with van der Waals surface area (Å²) >= 11 is 0. The molecule has 0 bridgehead atoms. The Labute approximate surface area is 145 Å². The van der Waals surface area contributed by atoms with E-state index >= 15 is 0 Å². The highest BCUT2D eigenvalue weighted by Gasteiger charge is 2.21. The molecule has 0 aliphatic heterocycles. The van der Waals surface area contributed by atoms with Crippen molar-refractivity contribution < 1.29 is 23.1 Å². The fourth-order valence-corrected chi connectivity index (χ4v) is 2.49. The van der Waals surface area contributed by atoms with Crippen LogP contribution in [0.15, 0.2) is 24.3 Å². The molecule has 0 aromatic heterocycles. The van der Waals surface area contributed by atoms with Gasteiger partial charge in [-0.15, -0.1) is 0 Å². The second kappa shape index (κ2) is 9.11. The van der Waals surface area contributed by atoms with Crippen LogP contribution in [0.3, 0.4) is 0 Å². The summed E-state index contributed by atoms with van der Waals surface area (Å²) in [6.07, 6.45) is 0.854. The van der Waals surface area contributed by atoms with Gasteiger partial charge in [0.2, 0.25) is 21.8 Å². The molecule has 1 rings (SSSR count). The number of sulfonamides is 1. The van der Waals surface area contributed by atoms with Crippen LogP contribution in [0.25, 0.3) is 0 Å². The Bertz CT molecular complexity index is 732. The molecule has 25 heavy (non-hydrogen) atoms. The number of carbonyl (C=O) groups is 2. The fraction of sp³-hybridized carbons (Fsp3) is 0.357. The average molecular weight is 371 g/mol. The van der Waals surface area contributed by atoms with E-state index in [9.17, 15) is 18.0 Å². The molecule has 10 nitrogen and oxygen atoms in total. The first-order chi connectivity index (χ1) is 11.6. The summed E-state index contributed by atoms with van der Waals surface area (Å²) in [5, 5.41) is 21.1. The molecule has 0 heterocycles. The molecule has 0 spiro atoms. The maximum Gasteiger partial charge on any atom is 0.240 e. The number of hydrogen-bond acceptors (Lipinski definition) is 6. The number of amidine groups is 1. The number of aliphatic hydroxyl groups is 1. The second-order valence-electron chi connectivity index (χ2n) is 5.23. The van der Waals surface area contributed by atoms with Gasteiger partial charge in [0.05, 0.1) is 19.4 Å². The van der Waals surface area contributed by atoms with Gasteiger partial charge in [-0.2, -0.15) is 0 Å². The van der Waals surface area contributed by atoms with Crippen LogP contribution in [0, 0.1) is 5.41 Å². The monoisotopic (exact) mass is 371 g/mol. The Morgan fingerprint density at radius 1 is 1.24 bits per heavy atom. The summed E-state index contributed by atoms with van der Waals surface area (Å²) in [5.41, 5.74) is 6.68. The predicted molar refractivity (Wildman–Crippen MR) is 91.2 cm³/mol. The van der Waals surface area contributed by atoms with Crippen molar-refractivity contribution in [3.8, 4) is 0 Å². The van der Waals surface area contributed by atoms with E-state index in [1.807, 2.05) is 4.72 Å². The highest BCUT2D eigenvalue weighted by atomic mass is 32.2. The molecule has 7 N–H and O–H groups in total. The van der Waals surface area contributed by atoms with Crippen molar-refractivity contribution in [1.29, 1.82) is 5.41 Å². The molecule has 11 heteroatoms. The summed E-state index contributed by atoms with van der Waals surface area (Å²) in [4.78, 5) is 23.4. The summed E-state index contributed by atoms with van der Waals surface area (Å²) in [7, 11) is -3.67. The first-order valence-electron chi connectivity index (χ1n) is 7.18. The van der Waals surface area contributed by atoms with E-state index in [1.54, 1.807) is 24.3 Å². The number of amides is 2. The third kappa shape index (κ3) is 7.74. The van der Waals surface area contributed by atoms with Gasteiger partial charge >= 0.3 is 0 Å². The molecule has 0 fully saturated rings. The molecule has 0 aliphatic rings. The van der Waals surface area contributed by atoms with Crippen LogP contribution >= 0.6 is 0 Å². The van der Waals surface area contributed by atoms with Crippen molar-refractivity contribution in [3.05, 3.63) is 35.4 Å². The number of benzene rings is 1. The highest BCUT2D eigenvalue weighted by Crippen LogP contribution is 2.03. The van der Waals surface area contributed by atoms with Crippen molar-refractivity contribution >= 4 is 27.7 Å². The molecular weight excluding hydrogens is 350 g/mol. The van der Waals surface area contributed by atoms with Gasteiger partial charge in [0, 0.05) is 12.1 Å². The maximum atomic E-state index is 11.7. The fourth-order valence-electron chi connectivity index (χ4n) is 1.79. The molecule has 0 unspecified atom stereocenters. The quantitative estimate of drug-likeness (QED) is 0.209. The van der Waals surface area contributed by atoms with E-state index < -0.39 is 34.5 Å². The molecule has 138 valence electrons. The lowest BCUT2D eigenvalue weighted by Gasteiger charge is -2.14. The van der Waals surface area contributed by atoms with Gasteiger partial charge in [0.25, 0.3) is 0 Å². The number of nitrogens with two attached hydrogens (primary N) is 1. The minimum atomic E-state index is -3.67. The van der Waals surface area contributed by atoms with Gasteiger partial charge in [-0.1, -0.05) is 24.3 Å². The van der Waals surface area contributed by atoms with Crippen LogP contribution in [0.4, 0.5) is 0 Å². The topological polar surface area (TPSA) is 174 Å². The third-order valence-corrected chi connectivity index (χ3v) is 3.75. The Balaban J connectivity index is 2.43. The lowest BCUT2D eigenvalue weighted by molar-refractivity contribution is -0.127. The van der Waals surface area contributed by atoms with E-state index in [-0.39, 0.29) is 18.9 Å². The highest BCUT2D eigenvalue weighted by molar-refractivity contribution is 7.88. The Morgan fingerprint density at radius 3 is 2.32 bits per heavy atom. The molecule has 1 atom stereocenters. The smallest absolute Gasteiger partial charge is 0.240 e. The van der Waals surface area contributed by atoms with E-state index in [0.717, 1.165) is 11.8 Å². The van der Waals surface area contributed by atoms with Crippen molar-refractivity contribution in [2.75, 3.05) is 19.4 Å². The van der Waals surface area contributed by atoms with Crippen molar-refractivity contribution in [2.24, 2.45) is 5.73 Å². The van der Waals surface area contributed by atoms with Crippen LogP contribution < -0.4 is 21.1 Å². The number of aliphatic hydroxyl groups excluding tert-OH is 1. The zero-order chi connectivity index (χ0) is 19.0. The van der Waals surface area contributed by atoms with Crippen LogP contribution in [-0.4, -0.2) is 56.6 Å². The SMILES string of the molecule is CS(=O)(=O)N[C@H](CO)C(=O)NCC(=O)NCc1ccc(C(=N)N)cc1. The van der Waals surface area contributed by atoms with Gasteiger partial charge in [0.15, 0.2) is 0 Å². The van der Waals surface area contributed by atoms with Gasteiger partial charge < -0.3 is 21.5 Å². The van der Waals surface area contributed by atoms with E-state index in [4.69, 9.17) is 16.2 Å². The van der Waals surface area contributed by atoms with Crippen molar-refractivity contribution in [2.45, 2.75) is 12.6 Å². The Morgan fingerprint density at radius 2 is 1.84 bits per heavy atom. The summed E-state index contributed by atoms with van der Waals surface area (Å²) < 4.78 is 24.1. The predicted octanol–water partition coefficient (Wildman–Crippen LogP) is -2.39. The largest absolute Gasteiger partial charge is 0.394 e. The number of hydrogen-bond donors (Lipinski definition) is 6. The van der Waals surface area contributed by atoms with E-state index in [1.165, 1.54) is 0 Å². The van der Waals surface area contributed by atoms with Gasteiger partial charge in [-0.05, 0) is 5.56 Å². The lowest BCUT2D eigenvalue weighted by atomic mass is 10.1. The Hall–Kier alpha value is -2.50. The van der Waals surface area contributed by atoms with E-state index in [2.05, 4.69) is 10.6 Å². The summed E-state index contributed by atoms with van der Waals surface area (Å²) in [5.74, 6) is -1.35. The Kier molecular flexibility index (Phi) is 7.48. The average Bonchev–Trinajstić information content (AvgIpc) is 2.55. The first kappa shape index (κ1) is 20.5. The van der Waals surface area contributed by atoms with E-state index in [0.29, 0.717) is 5.56 Å². The minimum Gasteiger partial charge on any atom is -0.394 e. The summed E-state index contributed by atoms with van der Waals surface area (Å²) in [6.45, 7) is -0.896. The molecule has 0 radical (unpaired) electrons. The molecule has 2 amide bonds. The van der Waals surface area contributed by atoms with Crippen LogP contribution in [0.1, 0.15) is 11.1 Å². The number of nitrogen functional groups attached to an aromatic ring is 1. The van der Waals surface area contributed by atoms with Gasteiger partial charge in [-0.3, -0.25) is 15.0 Å². The normalized spacial score (nSPS) is 12.2. The summed E-state index contributed by atoms with van der Waals surface area (Å²) in [6, 6.07) is 5.34. The second-order valence-corrected chi connectivity index (χ2v) is 7.01. The minimum absolute atomic E-state index is 0.0561. The third-order valence-electron chi connectivity index (χ3n) is 3.03.